The van der Waals surface area contributed by atoms with Crippen LogP contribution in [0.5, 0.6) is 5.75 Å². The molecule has 1 N–H and O–H groups in total. The maximum absolute atomic E-state index is 12.6. The van der Waals surface area contributed by atoms with Crippen LogP contribution in [-0.2, 0) is 4.79 Å². The predicted molar refractivity (Wildman–Crippen MR) is 103 cm³/mol. The molecule has 0 aliphatic carbocycles. The smallest absolute Gasteiger partial charge is 0.241 e. The number of nitrogens with zero attached hydrogens (tertiary/aromatic N) is 1. The summed E-state index contributed by atoms with van der Waals surface area (Å²) >= 11 is 0. The number of benzene rings is 2. The average Bonchev–Trinajstić information content (AvgIpc) is 2.58. The molecular formula is C21H28N2O2. The van der Waals surface area contributed by atoms with Crippen LogP contribution in [-0.4, -0.2) is 37.0 Å². The molecule has 2 aromatic carbocycles. The molecule has 0 bridgehead atoms. The van der Waals surface area contributed by atoms with Crippen molar-refractivity contribution in [2.75, 3.05) is 25.5 Å². The normalized spacial score (nSPS) is 12.1. The highest BCUT2D eigenvalue weighted by molar-refractivity contribution is 5.95. The van der Waals surface area contributed by atoms with Crippen LogP contribution in [0.1, 0.15) is 23.6 Å². The number of nitrogens with one attached hydrogen (secondary N) is 1. The van der Waals surface area contributed by atoms with Crippen molar-refractivity contribution < 1.29 is 9.53 Å². The highest BCUT2D eigenvalue weighted by atomic mass is 16.5. The van der Waals surface area contributed by atoms with Gasteiger partial charge in [-0.15, -0.1) is 0 Å². The Morgan fingerprint density at radius 3 is 2.32 bits per heavy atom. The standard InChI is InChI=1S/C21H28N2O2/c1-15-13-16(2)20(17(3)14-15)22-21(24)18(4)23(5)11-12-25-19-9-7-6-8-10-19/h6-10,13-14,18H,11-12H2,1-5H3,(H,22,24)/t18-/m0/s1. The summed E-state index contributed by atoms with van der Waals surface area (Å²) in [6.07, 6.45) is 0. The molecule has 0 saturated carbocycles. The van der Waals surface area contributed by atoms with Crippen molar-refractivity contribution in [1.82, 2.24) is 4.90 Å². The lowest BCUT2D eigenvalue weighted by Crippen LogP contribution is -2.41. The first kappa shape index (κ1) is 19.0. The summed E-state index contributed by atoms with van der Waals surface area (Å²) in [6, 6.07) is 13.6. The minimum absolute atomic E-state index is 0.00253. The van der Waals surface area contributed by atoms with Crippen molar-refractivity contribution in [2.24, 2.45) is 0 Å². The summed E-state index contributed by atoms with van der Waals surface area (Å²) < 4.78 is 5.70. The minimum Gasteiger partial charge on any atom is -0.492 e. The largest absolute Gasteiger partial charge is 0.492 e. The lowest BCUT2D eigenvalue weighted by atomic mass is 10.0. The summed E-state index contributed by atoms with van der Waals surface area (Å²) in [5.74, 6) is 0.844. The number of anilines is 1. The van der Waals surface area contributed by atoms with E-state index in [1.807, 2.05) is 63.1 Å². The van der Waals surface area contributed by atoms with Crippen LogP contribution in [0.3, 0.4) is 0 Å². The molecule has 1 amide bonds. The van der Waals surface area contributed by atoms with Gasteiger partial charge in [-0.3, -0.25) is 9.69 Å². The zero-order valence-electron chi connectivity index (χ0n) is 15.8. The molecule has 1 atom stereocenters. The third-order valence-corrected chi connectivity index (χ3v) is 4.42. The van der Waals surface area contributed by atoms with E-state index in [2.05, 4.69) is 24.4 Å². The molecule has 0 saturated heterocycles. The van der Waals surface area contributed by atoms with Crippen LogP contribution in [0.4, 0.5) is 5.69 Å². The van der Waals surface area contributed by atoms with Crippen molar-refractivity contribution in [2.45, 2.75) is 33.7 Å². The number of carbonyl (C=O) groups excluding carboxylic acids is 1. The van der Waals surface area contributed by atoms with E-state index in [-0.39, 0.29) is 11.9 Å². The van der Waals surface area contributed by atoms with Crippen LogP contribution in [0.2, 0.25) is 0 Å². The Kier molecular flexibility index (Phi) is 6.59. The molecule has 4 nitrogen and oxygen atoms in total. The maximum atomic E-state index is 12.6. The van der Waals surface area contributed by atoms with Gasteiger partial charge in [0, 0.05) is 12.2 Å². The maximum Gasteiger partial charge on any atom is 0.241 e. The number of ether oxygens (including phenoxy) is 1. The molecule has 0 aliphatic heterocycles. The van der Waals surface area contributed by atoms with Crippen molar-refractivity contribution >= 4 is 11.6 Å². The van der Waals surface area contributed by atoms with E-state index in [9.17, 15) is 4.79 Å². The summed E-state index contributed by atoms with van der Waals surface area (Å²) in [7, 11) is 1.94. The Bertz CT molecular complexity index is 690. The van der Waals surface area contributed by atoms with Crippen LogP contribution in [0.15, 0.2) is 42.5 Å². The van der Waals surface area contributed by atoms with Gasteiger partial charge in [-0.25, -0.2) is 0 Å². The minimum atomic E-state index is -0.237. The summed E-state index contributed by atoms with van der Waals surface area (Å²) in [6.45, 7) is 9.25. The van der Waals surface area contributed by atoms with Gasteiger partial charge in [0.25, 0.3) is 0 Å². The summed E-state index contributed by atoms with van der Waals surface area (Å²) in [4.78, 5) is 14.6. The predicted octanol–water partition coefficient (Wildman–Crippen LogP) is 3.95. The Labute approximate surface area is 150 Å². The van der Waals surface area contributed by atoms with E-state index in [1.54, 1.807) is 0 Å². The number of amides is 1. The zero-order valence-corrected chi connectivity index (χ0v) is 15.8. The third-order valence-electron chi connectivity index (χ3n) is 4.42. The molecule has 4 heteroatoms. The zero-order chi connectivity index (χ0) is 18.4. The number of aryl methyl sites for hydroxylation is 3. The van der Waals surface area contributed by atoms with Gasteiger partial charge in [0.05, 0.1) is 6.04 Å². The lowest BCUT2D eigenvalue weighted by molar-refractivity contribution is -0.120. The average molecular weight is 340 g/mol. The second-order valence-corrected chi connectivity index (χ2v) is 6.58. The molecule has 0 heterocycles. The molecule has 0 radical (unpaired) electrons. The van der Waals surface area contributed by atoms with Gasteiger partial charge >= 0.3 is 0 Å². The Morgan fingerprint density at radius 1 is 1.12 bits per heavy atom. The van der Waals surface area contributed by atoms with Crippen LogP contribution >= 0.6 is 0 Å². The fourth-order valence-electron chi connectivity index (χ4n) is 2.82. The van der Waals surface area contributed by atoms with Crippen LogP contribution < -0.4 is 10.1 Å². The SMILES string of the molecule is Cc1cc(C)c(NC(=O)[C@H](C)N(C)CCOc2ccccc2)c(C)c1. The van der Waals surface area contributed by atoms with Crippen LogP contribution in [0.25, 0.3) is 0 Å². The number of carbonyl (C=O) groups is 1. The molecule has 0 aromatic heterocycles. The van der Waals surface area contributed by atoms with Gasteiger partial charge in [0.2, 0.25) is 5.91 Å². The molecule has 0 unspecified atom stereocenters. The first-order chi connectivity index (χ1) is 11.9. The van der Waals surface area contributed by atoms with E-state index < -0.39 is 0 Å². The van der Waals surface area contributed by atoms with E-state index in [0.29, 0.717) is 13.2 Å². The first-order valence-electron chi connectivity index (χ1n) is 8.65. The number of hydrogen-bond acceptors (Lipinski definition) is 3. The van der Waals surface area contributed by atoms with Gasteiger partial charge in [-0.2, -0.15) is 0 Å². The van der Waals surface area contributed by atoms with Gasteiger partial charge in [0.15, 0.2) is 0 Å². The highest BCUT2D eigenvalue weighted by Gasteiger charge is 2.19. The number of para-hydroxylation sites is 1. The van der Waals surface area contributed by atoms with Gasteiger partial charge in [0.1, 0.15) is 12.4 Å². The van der Waals surface area contributed by atoms with E-state index >= 15 is 0 Å². The van der Waals surface area contributed by atoms with Crippen molar-refractivity contribution in [3.63, 3.8) is 0 Å². The molecule has 134 valence electrons. The molecular weight excluding hydrogens is 312 g/mol. The van der Waals surface area contributed by atoms with E-state index in [4.69, 9.17) is 4.74 Å². The Morgan fingerprint density at radius 2 is 1.72 bits per heavy atom. The molecule has 0 spiro atoms. The topological polar surface area (TPSA) is 41.6 Å². The molecule has 25 heavy (non-hydrogen) atoms. The summed E-state index contributed by atoms with van der Waals surface area (Å²) in [5, 5.41) is 3.07. The lowest BCUT2D eigenvalue weighted by Gasteiger charge is -2.24. The molecule has 0 fully saturated rings. The van der Waals surface area contributed by atoms with E-state index in [0.717, 1.165) is 22.6 Å². The first-order valence-corrected chi connectivity index (χ1v) is 8.65. The van der Waals surface area contributed by atoms with Crippen molar-refractivity contribution in [1.29, 1.82) is 0 Å². The van der Waals surface area contributed by atoms with Crippen molar-refractivity contribution in [3.05, 3.63) is 59.2 Å². The van der Waals surface area contributed by atoms with Gasteiger partial charge in [-0.1, -0.05) is 35.9 Å². The fraction of sp³-hybridized carbons (Fsp3) is 0.381. The van der Waals surface area contributed by atoms with E-state index in [1.165, 1.54) is 5.56 Å². The quantitative estimate of drug-likeness (QED) is 0.830. The second-order valence-electron chi connectivity index (χ2n) is 6.58. The number of rotatable bonds is 7. The monoisotopic (exact) mass is 340 g/mol. The number of likely N-dealkylation sites (N-methyl/N-ethyl adjacent to an activating group) is 1. The van der Waals surface area contributed by atoms with Crippen molar-refractivity contribution in [3.8, 4) is 5.75 Å². The van der Waals surface area contributed by atoms with Gasteiger partial charge < -0.3 is 10.1 Å². The third kappa shape index (κ3) is 5.33. The second kappa shape index (κ2) is 8.67. The summed E-state index contributed by atoms with van der Waals surface area (Å²) in [5.41, 5.74) is 4.30. The number of hydrogen-bond donors (Lipinski definition) is 1. The molecule has 2 rings (SSSR count). The fourth-order valence-corrected chi connectivity index (χ4v) is 2.82. The van der Waals surface area contributed by atoms with Gasteiger partial charge in [-0.05, 0) is 58.0 Å². The molecule has 0 aliphatic rings. The molecule has 2 aromatic rings. The van der Waals surface area contributed by atoms with Crippen LogP contribution in [0, 0.1) is 20.8 Å². The Balaban J connectivity index is 1.88. The Hall–Kier alpha value is -2.33. The highest BCUT2D eigenvalue weighted by Crippen LogP contribution is 2.22.